The van der Waals surface area contributed by atoms with Crippen LogP contribution in [0.2, 0.25) is 0 Å². The highest BCUT2D eigenvalue weighted by Crippen LogP contribution is 2.22. The number of benzene rings is 1. The van der Waals surface area contributed by atoms with Gasteiger partial charge in [0.1, 0.15) is 0 Å². The van der Waals surface area contributed by atoms with Crippen molar-refractivity contribution in [3.05, 3.63) is 23.8 Å². The van der Waals surface area contributed by atoms with Crippen LogP contribution in [-0.4, -0.2) is 0 Å². The maximum atomic E-state index is 8.99. The Kier molecular flexibility index (Phi) is 4.05. The quantitative estimate of drug-likeness (QED) is 0.608. The first-order valence-corrected chi connectivity index (χ1v) is 5.46. The molecule has 0 saturated heterocycles. The Balaban J connectivity index is 2.81. The topological polar surface area (TPSA) is 49.8 Å². The largest absolute Gasteiger partial charge is 0.398 e. The minimum absolute atomic E-state index is 0.0568. The maximum absolute atomic E-state index is 8.99. The summed E-state index contributed by atoms with van der Waals surface area (Å²) in [6.45, 7) is 4.12. The molecule has 1 rings (SSSR count). The lowest BCUT2D eigenvalue weighted by Gasteiger charge is -2.13. The molecule has 0 amide bonds. The number of nitriles is 1. The molecule has 1 atom stereocenters. The highest BCUT2D eigenvalue weighted by atomic mass is 32.1. The van der Waals surface area contributed by atoms with Crippen molar-refractivity contribution in [2.45, 2.75) is 25.2 Å². The van der Waals surface area contributed by atoms with Gasteiger partial charge in [-0.3, -0.25) is 0 Å². The van der Waals surface area contributed by atoms with Gasteiger partial charge in [0.15, 0.2) is 0 Å². The van der Waals surface area contributed by atoms with Gasteiger partial charge in [0.2, 0.25) is 0 Å². The molecule has 0 spiro atoms. The lowest BCUT2D eigenvalue weighted by atomic mass is 9.90. The number of thiol groups is 1. The fourth-order valence-corrected chi connectivity index (χ4v) is 1.64. The van der Waals surface area contributed by atoms with Crippen molar-refractivity contribution in [2.24, 2.45) is 11.8 Å². The van der Waals surface area contributed by atoms with Crippen LogP contribution >= 0.6 is 12.6 Å². The molecule has 80 valence electrons. The van der Waals surface area contributed by atoms with Crippen LogP contribution in [0.4, 0.5) is 5.69 Å². The molecule has 0 fully saturated rings. The molecule has 1 aromatic rings. The van der Waals surface area contributed by atoms with Gasteiger partial charge in [-0.15, -0.1) is 12.6 Å². The van der Waals surface area contributed by atoms with Gasteiger partial charge in [-0.25, -0.2) is 0 Å². The zero-order valence-electron chi connectivity index (χ0n) is 9.07. The smallest absolute Gasteiger partial charge is 0.0661 e. The first kappa shape index (κ1) is 11.9. The van der Waals surface area contributed by atoms with Crippen LogP contribution in [0.5, 0.6) is 0 Å². The average molecular weight is 220 g/mol. The van der Waals surface area contributed by atoms with Crippen molar-refractivity contribution in [1.82, 2.24) is 0 Å². The molecule has 15 heavy (non-hydrogen) atoms. The predicted octanol–water partition coefficient (Wildman–Crippen LogP) is 2.90. The first-order chi connectivity index (χ1) is 7.04. The van der Waals surface area contributed by atoms with E-state index in [-0.39, 0.29) is 5.92 Å². The summed E-state index contributed by atoms with van der Waals surface area (Å²) in [6.07, 6.45) is 0.766. The number of nitrogens with two attached hydrogens (primary N) is 1. The Morgan fingerprint density at radius 1 is 1.47 bits per heavy atom. The fraction of sp³-hybridized carbons (Fsp3) is 0.417. The molecule has 0 heterocycles. The van der Waals surface area contributed by atoms with Crippen molar-refractivity contribution < 1.29 is 0 Å². The molecule has 0 bridgehead atoms. The van der Waals surface area contributed by atoms with Crippen LogP contribution in [0.3, 0.4) is 0 Å². The van der Waals surface area contributed by atoms with E-state index < -0.39 is 0 Å². The van der Waals surface area contributed by atoms with Crippen molar-refractivity contribution >= 4 is 18.3 Å². The zero-order valence-corrected chi connectivity index (χ0v) is 9.96. The third-order valence-electron chi connectivity index (χ3n) is 2.52. The second kappa shape index (κ2) is 5.09. The lowest BCUT2D eigenvalue weighted by Crippen LogP contribution is -2.09. The Labute approximate surface area is 96.5 Å². The summed E-state index contributed by atoms with van der Waals surface area (Å²) in [4.78, 5) is 0.785. The fourth-order valence-electron chi connectivity index (χ4n) is 1.40. The summed E-state index contributed by atoms with van der Waals surface area (Å²) in [7, 11) is 0. The van der Waals surface area contributed by atoms with Gasteiger partial charge in [-0.05, 0) is 30.0 Å². The van der Waals surface area contributed by atoms with E-state index >= 15 is 0 Å². The zero-order chi connectivity index (χ0) is 11.4. The number of nitrogen functional groups attached to an aromatic ring is 1. The van der Waals surface area contributed by atoms with Crippen LogP contribution in [0, 0.1) is 23.2 Å². The molecule has 0 aliphatic carbocycles. The first-order valence-electron chi connectivity index (χ1n) is 5.01. The Morgan fingerprint density at radius 3 is 2.60 bits per heavy atom. The minimum atomic E-state index is 0.0568. The van der Waals surface area contributed by atoms with E-state index in [0.717, 1.165) is 16.9 Å². The molecule has 3 heteroatoms. The van der Waals surface area contributed by atoms with Crippen LogP contribution in [0.25, 0.3) is 0 Å². The van der Waals surface area contributed by atoms with E-state index in [1.54, 1.807) is 0 Å². The molecule has 0 saturated carbocycles. The summed E-state index contributed by atoms with van der Waals surface area (Å²) in [5.74, 6) is 0.428. The van der Waals surface area contributed by atoms with Crippen LogP contribution in [0.1, 0.15) is 19.4 Å². The summed E-state index contributed by atoms with van der Waals surface area (Å²) in [6, 6.07) is 8.06. The summed E-state index contributed by atoms with van der Waals surface area (Å²) in [5.41, 5.74) is 7.47. The number of hydrogen-bond acceptors (Lipinski definition) is 3. The molecule has 0 aliphatic rings. The number of nitrogens with zero attached hydrogens (tertiary/aromatic N) is 1. The van der Waals surface area contributed by atoms with Crippen molar-refractivity contribution in [3.8, 4) is 6.07 Å². The van der Waals surface area contributed by atoms with Gasteiger partial charge in [0, 0.05) is 10.6 Å². The van der Waals surface area contributed by atoms with E-state index in [1.807, 2.05) is 18.2 Å². The van der Waals surface area contributed by atoms with Gasteiger partial charge in [0.05, 0.1) is 12.0 Å². The monoisotopic (exact) mass is 220 g/mol. The second-order valence-electron chi connectivity index (χ2n) is 4.08. The van der Waals surface area contributed by atoms with E-state index in [9.17, 15) is 0 Å². The highest BCUT2D eigenvalue weighted by molar-refractivity contribution is 7.80. The number of hydrogen-bond donors (Lipinski definition) is 2. The molecule has 0 radical (unpaired) electrons. The molecule has 0 aromatic heterocycles. The van der Waals surface area contributed by atoms with Gasteiger partial charge in [-0.1, -0.05) is 19.9 Å². The predicted molar refractivity (Wildman–Crippen MR) is 65.8 cm³/mol. The van der Waals surface area contributed by atoms with Crippen molar-refractivity contribution in [1.29, 1.82) is 5.26 Å². The Morgan fingerprint density at radius 2 is 2.13 bits per heavy atom. The third kappa shape index (κ3) is 3.17. The van der Waals surface area contributed by atoms with Crippen molar-refractivity contribution in [3.63, 3.8) is 0 Å². The van der Waals surface area contributed by atoms with Crippen LogP contribution < -0.4 is 5.73 Å². The average Bonchev–Trinajstić information content (AvgIpc) is 2.19. The highest BCUT2D eigenvalue weighted by Gasteiger charge is 2.13. The van der Waals surface area contributed by atoms with Crippen LogP contribution in [0.15, 0.2) is 23.1 Å². The van der Waals surface area contributed by atoms with Gasteiger partial charge < -0.3 is 5.73 Å². The van der Waals surface area contributed by atoms with Gasteiger partial charge >= 0.3 is 0 Å². The van der Waals surface area contributed by atoms with E-state index in [2.05, 4.69) is 32.5 Å². The SMILES string of the molecule is CC(C)C(C#N)Cc1ccc(N)c(S)c1. The van der Waals surface area contributed by atoms with Crippen molar-refractivity contribution in [2.75, 3.05) is 5.73 Å². The molecule has 1 unspecified atom stereocenters. The van der Waals surface area contributed by atoms with Gasteiger partial charge in [0.25, 0.3) is 0 Å². The second-order valence-corrected chi connectivity index (χ2v) is 4.56. The van der Waals surface area contributed by atoms with E-state index in [0.29, 0.717) is 11.6 Å². The molecule has 1 aromatic carbocycles. The molecular weight excluding hydrogens is 204 g/mol. The minimum Gasteiger partial charge on any atom is -0.398 e. The number of anilines is 1. The summed E-state index contributed by atoms with van der Waals surface area (Å²) < 4.78 is 0. The van der Waals surface area contributed by atoms with Crippen LogP contribution in [-0.2, 0) is 6.42 Å². The molecule has 2 nitrogen and oxygen atoms in total. The number of rotatable bonds is 3. The molecule has 0 aliphatic heterocycles. The third-order valence-corrected chi connectivity index (χ3v) is 2.91. The van der Waals surface area contributed by atoms with Gasteiger partial charge in [-0.2, -0.15) is 5.26 Å². The standard InChI is InChI=1S/C12H16N2S/c1-8(2)10(7-13)5-9-3-4-11(14)12(15)6-9/h3-4,6,8,10,15H,5,14H2,1-2H3. The summed E-state index contributed by atoms with van der Waals surface area (Å²) >= 11 is 4.26. The molecular formula is C12H16N2S. The lowest BCUT2D eigenvalue weighted by molar-refractivity contribution is 0.473. The normalized spacial score (nSPS) is 12.5. The van der Waals surface area contributed by atoms with E-state index in [4.69, 9.17) is 11.0 Å². The Bertz CT molecular complexity index is 380. The molecule has 2 N–H and O–H groups in total. The Hall–Kier alpha value is -1.14. The maximum Gasteiger partial charge on any atom is 0.0661 e. The van der Waals surface area contributed by atoms with E-state index in [1.165, 1.54) is 0 Å². The summed E-state index contributed by atoms with van der Waals surface area (Å²) in [5, 5.41) is 8.99.